The SMILES string of the molecule is Cc1cc(/C=N/O)ccc1-n1cncn1. The molecule has 15 heavy (non-hydrogen) atoms. The standard InChI is InChI=1S/C10H10N4O/c1-8-4-9(5-13-15)2-3-10(8)14-7-11-6-12-14/h2-7,15H,1H3/b13-5+. The van der Waals surface area contributed by atoms with Crippen molar-refractivity contribution in [3.05, 3.63) is 42.0 Å². The summed E-state index contributed by atoms with van der Waals surface area (Å²) in [4.78, 5) is 3.88. The van der Waals surface area contributed by atoms with Crippen LogP contribution >= 0.6 is 0 Å². The van der Waals surface area contributed by atoms with Gasteiger partial charge in [0.2, 0.25) is 0 Å². The molecule has 2 rings (SSSR count). The molecule has 76 valence electrons. The molecular formula is C10H10N4O. The molecule has 1 heterocycles. The van der Waals surface area contributed by atoms with E-state index in [0.717, 1.165) is 16.8 Å². The molecule has 0 unspecified atom stereocenters. The molecule has 0 aliphatic carbocycles. The minimum Gasteiger partial charge on any atom is -0.411 e. The number of aromatic nitrogens is 3. The lowest BCUT2D eigenvalue weighted by atomic mass is 10.1. The van der Waals surface area contributed by atoms with Crippen LogP contribution in [0.4, 0.5) is 0 Å². The summed E-state index contributed by atoms with van der Waals surface area (Å²) in [5.41, 5.74) is 2.85. The Balaban J connectivity index is 2.43. The maximum Gasteiger partial charge on any atom is 0.138 e. The molecule has 0 aliphatic rings. The van der Waals surface area contributed by atoms with Crippen molar-refractivity contribution in [2.45, 2.75) is 6.92 Å². The second-order valence-corrected chi connectivity index (χ2v) is 3.13. The Labute approximate surface area is 86.7 Å². The predicted molar refractivity (Wildman–Crippen MR) is 55.5 cm³/mol. The van der Waals surface area contributed by atoms with Gasteiger partial charge in [0.25, 0.3) is 0 Å². The molecule has 0 bridgehead atoms. The number of rotatable bonds is 2. The van der Waals surface area contributed by atoms with Gasteiger partial charge in [0.15, 0.2) is 0 Å². The average molecular weight is 202 g/mol. The minimum atomic E-state index is 0.846. The average Bonchev–Trinajstić information content (AvgIpc) is 2.71. The highest BCUT2D eigenvalue weighted by Crippen LogP contribution is 2.13. The molecule has 0 amide bonds. The summed E-state index contributed by atoms with van der Waals surface area (Å²) in [5, 5.41) is 15.4. The van der Waals surface area contributed by atoms with Crippen molar-refractivity contribution < 1.29 is 5.21 Å². The van der Waals surface area contributed by atoms with E-state index in [-0.39, 0.29) is 0 Å². The van der Waals surface area contributed by atoms with Gasteiger partial charge >= 0.3 is 0 Å². The van der Waals surface area contributed by atoms with Crippen LogP contribution in [-0.4, -0.2) is 26.2 Å². The van der Waals surface area contributed by atoms with E-state index in [1.54, 1.807) is 11.0 Å². The normalized spacial score (nSPS) is 11.0. The van der Waals surface area contributed by atoms with E-state index in [2.05, 4.69) is 15.2 Å². The summed E-state index contributed by atoms with van der Waals surface area (Å²) in [7, 11) is 0. The lowest BCUT2D eigenvalue weighted by molar-refractivity contribution is 0.322. The first kappa shape index (κ1) is 9.39. The van der Waals surface area contributed by atoms with E-state index >= 15 is 0 Å². The zero-order valence-corrected chi connectivity index (χ0v) is 8.20. The number of hydrogen-bond donors (Lipinski definition) is 1. The number of oxime groups is 1. The van der Waals surface area contributed by atoms with Gasteiger partial charge in [-0.05, 0) is 30.2 Å². The van der Waals surface area contributed by atoms with E-state index in [0.29, 0.717) is 0 Å². The summed E-state index contributed by atoms with van der Waals surface area (Å²) in [6.45, 7) is 1.96. The predicted octanol–water partition coefficient (Wildman–Crippen LogP) is 1.38. The molecule has 0 spiro atoms. The van der Waals surface area contributed by atoms with E-state index in [1.165, 1.54) is 12.5 Å². The summed E-state index contributed by atoms with van der Waals surface area (Å²) >= 11 is 0. The Kier molecular flexibility index (Phi) is 2.45. The molecule has 1 aromatic heterocycles. The summed E-state index contributed by atoms with van der Waals surface area (Å²) in [5.74, 6) is 0. The van der Waals surface area contributed by atoms with Crippen molar-refractivity contribution >= 4 is 6.21 Å². The molecule has 0 atom stereocenters. The highest BCUT2D eigenvalue weighted by molar-refractivity contribution is 5.79. The van der Waals surface area contributed by atoms with Crippen molar-refractivity contribution in [1.29, 1.82) is 0 Å². The maximum absolute atomic E-state index is 8.41. The van der Waals surface area contributed by atoms with Gasteiger partial charge in [-0.3, -0.25) is 0 Å². The maximum atomic E-state index is 8.41. The molecule has 1 aromatic carbocycles. The minimum absolute atomic E-state index is 0.846. The first-order chi connectivity index (χ1) is 7.31. The number of nitrogens with zero attached hydrogens (tertiary/aromatic N) is 4. The Hall–Kier alpha value is -2.17. The monoisotopic (exact) mass is 202 g/mol. The Morgan fingerprint density at radius 2 is 2.33 bits per heavy atom. The van der Waals surface area contributed by atoms with Crippen molar-refractivity contribution in [3.8, 4) is 5.69 Å². The van der Waals surface area contributed by atoms with Gasteiger partial charge in [-0.1, -0.05) is 11.2 Å². The fourth-order valence-corrected chi connectivity index (χ4v) is 1.42. The van der Waals surface area contributed by atoms with Gasteiger partial charge in [-0.15, -0.1) is 0 Å². The highest BCUT2D eigenvalue weighted by Gasteiger charge is 2.01. The third-order valence-corrected chi connectivity index (χ3v) is 2.09. The van der Waals surface area contributed by atoms with Gasteiger partial charge < -0.3 is 5.21 Å². The van der Waals surface area contributed by atoms with E-state index in [1.807, 2.05) is 25.1 Å². The van der Waals surface area contributed by atoms with E-state index in [4.69, 9.17) is 5.21 Å². The number of benzene rings is 1. The van der Waals surface area contributed by atoms with Gasteiger partial charge in [-0.25, -0.2) is 9.67 Å². The van der Waals surface area contributed by atoms with Gasteiger partial charge in [0, 0.05) is 0 Å². The fraction of sp³-hybridized carbons (Fsp3) is 0.100. The lowest BCUT2D eigenvalue weighted by Crippen LogP contribution is -1.98. The molecule has 5 heteroatoms. The van der Waals surface area contributed by atoms with Crippen LogP contribution in [0.5, 0.6) is 0 Å². The molecule has 2 aromatic rings. The molecular weight excluding hydrogens is 192 g/mol. The topological polar surface area (TPSA) is 63.3 Å². The Morgan fingerprint density at radius 3 is 2.93 bits per heavy atom. The second-order valence-electron chi connectivity index (χ2n) is 3.13. The summed E-state index contributed by atoms with van der Waals surface area (Å²) < 4.78 is 1.69. The Morgan fingerprint density at radius 1 is 1.47 bits per heavy atom. The molecule has 0 aliphatic heterocycles. The van der Waals surface area contributed by atoms with Crippen molar-refractivity contribution in [2.75, 3.05) is 0 Å². The van der Waals surface area contributed by atoms with Crippen LogP contribution in [0.25, 0.3) is 5.69 Å². The van der Waals surface area contributed by atoms with Gasteiger partial charge in [-0.2, -0.15) is 5.10 Å². The smallest absolute Gasteiger partial charge is 0.138 e. The third-order valence-electron chi connectivity index (χ3n) is 2.09. The van der Waals surface area contributed by atoms with Crippen molar-refractivity contribution in [3.63, 3.8) is 0 Å². The Bertz CT molecular complexity index is 476. The summed E-state index contributed by atoms with van der Waals surface area (Å²) in [6.07, 6.45) is 4.52. The molecule has 0 radical (unpaired) electrons. The zero-order chi connectivity index (χ0) is 10.7. The largest absolute Gasteiger partial charge is 0.411 e. The van der Waals surface area contributed by atoms with Gasteiger partial charge in [0.1, 0.15) is 12.7 Å². The highest BCUT2D eigenvalue weighted by atomic mass is 16.4. The third kappa shape index (κ3) is 1.85. The van der Waals surface area contributed by atoms with Crippen LogP contribution in [0.2, 0.25) is 0 Å². The molecule has 0 fully saturated rings. The summed E-state index contributed by atoms with van der Waals surface area (Å²) in [6, 6.07) is 5.67. The van der Waals surface area contributed by atoms with Crippen molar-refractivity contribution in [2.24, 2.45) is 5.16 Å². The number of hydrogen-bond acceptors (Lipinski definition) is 4. The van der Waals surface area contributed by atoms with E-state index < -0.39 is 0 Å². The zero-order valence-electron chi connectivity index (χ0n) is 8.20. The first-order valence-electron chi connectivity index (χ1n) is 4.44. The van der Waals surface area contributed by atoms with Crippen molar-refractivity contribution in [1.82, 2.24) is 14.8 Å². The fourth-order valence-electron chi connectivity index (χ4n) is 1.42. The quantitative estimate of drug-likeness (QED) is 0.454. The molecule has 5 nitrogen and oxygen atoms in total. The van der Waals surface area contributed by atoms with Crippen LogP contribution in [0.1, 0.15) is 11.1 Å². The second kappa shape index (κ2) is 3.91. The van der Waals surface area contributed by atoms with Crippen LogP contribution in [0.15, 0.2) is 36.0 Å². The van der Waals surface area contributed by atoms with Crippen LogP contribution in [-0.2, 0) is 0 Å². The molecule has 0 saturated carbocycles. The molecule has 0 saturated heterocycles. The molecule has 1 N–H and O–H groups in total. The lowest BCUT2D eigenvalue weighted by Gasteiger charge is -2.05. The van der Waals surface area contributed by atoms with E-state index in [9.17, 15) is 0 Å². The van der Waals surface area contributed by atoms with Crippen LogP contribution in [0, 0.1) is 6.92 Å². The van der Waals surface area contributed by atoms with Crippen LogP contribution < -0.4 is 0 Å². The first-order valence-corrected chi connectivity index (χ1v) is 4.44. The van der Waals surface area contributed by atoms with Crippen LogP contribution in [0.3, 0.4) is 0 Å². The van der Waals surface area contributed by atoms with Gasteiger partial charge in [0.05, 0.1) is 11.9 Å². The number of aryl methyl sites for hydroxylation is 1.